The first-order valence-corrected chi connectivity index (χ1v) is 9.69. The number of carbonyl (C=O) groups excluding carboxylic acids is 1. The number of halogens is 1. The third-order valence-corrected chi connectivity index (χ3v) is 6.60. The molecule has 2 atom stereocenters. The number of sulfonamides is 1. The van der Waals surface area contributed by atoms with E-state index in [4.69, 9.17) is 4.74 Å². The maximum Gasteiger partial charge on any atom is 0.321 e. The van der Waals surface area contributed by atoms with Gasteiger partial charge in [0.2, 0.25) is 10.0 Å². The third kappa shape index (κ3) is 3.36. The van der Waals surface area contributed by atoms with Gasteiger partial charge in [-0.05, 0) is 38.1 Å². The van der Waals surface area contributed by atoms with Crippen molar-refractivity contribution < 1.29 is 22.3 Å². The lowest BCUT2D eigenvalue weighted by Crippen LogP contribution is -2.52. The van der Waals surface area contributed by atoms with Crippen LogP contribution in [0.1, 0.15) is 13.8 Å². The zero-order chi connectivity index (χ0) is 18.2. The van der Waals surface area contributed by atoms with Crippen LogP contribution in [0.15, 0.2) is 29.2 Å². The molecule has 2 fully saturated rings. The largest absolute Gasteiger partial charge is 0.378 e. The first-order chi connectivity index (χ1) is 11.8. The summed E-state index contributed by atoms with van der Waals surface area (Å²) in [5.74, 6) is -0.495. The second-order valence-electron chi connectivity index (χ2n) is 6.30. The van der Waals surface area contributed by atoms with E-state index in [9.17, 15) is 17.6 Å². The van der Waals surface area contributed by atoms with Crippen LogP contribution in [0.2, 0.25) is 0 Å². The molecule has 2 aliphatic rings. The molecule has 0 radical (unpaired) electrons. The molecule has 2 aliphatic heterocycles. The van der Waals surface area contributed by atoms with Crippen molar-refractivity contribution in [2.45, 2.75) is 31.0 Å². The fraction of sp³-hybridized carbons (Fsp3) is 0.562. The van der Waals surface area contributed by atoms with E-state index >= 15 is 0 Å². The molecule has 7 nitrogen and oxygen atoms in total. The van der Waals surface area contributed by atoms with Crippen LogP contribution >= 0.6 is 0 Å². The Morgan fingerprint density at radius 3 is 2.36 bits per heavy atom. The Morgan fingerprint density at radius 1 is 1.16 bits per heavy atom. The number of benzene rings is 1. The van der Waals surface area contributed by atoms with E-state index in [2.05, 4.69) is 0 Å². The minimum Gasteiger partial charge on any atom is -0.378 e. The Bertz CT molecular complexity index is 734. The monoisotopic (exact) mass is 371 g/mol. The summed E-state index contributed by atoms with van der Waals surface area (Å²) in [4.78, 5) is 16.1. The molecule has 0 spiro atoms. The van der Waals surface area contributed by atoms with Crippen molar-refractivity contribution in [3.05, 3.63) is 30.1 Å². The van der Waals surface area contributed by atoms with Gasteiger partial charge in [-0.2, -0.15) is 4.31 Å². The molecule has 0 unspecified atom stereocenters. The highest BCUT2D eigenvalue weighted by Gasteiger charge is 2.45. The molecule has 2 heterocycles. The molecule has 0 aromatic heterocycles. The molecular formula is C16H22FN3O4S. The van der Waals surface area contributed by atoms with Crippen molar-refractivity contribution in [3.63, 3.8) is 0 Å². The van der Waals surface area contributed by atoms with Crippen molar-refractivity contribution >= 4 is 16.1 Å². The maximum absolute atomic E-state index is 13.1. The van der Waals surface area contributed by atoms with E-state index in [1.54, 1.807) is 16.7 Å². The van der Waals surface area contributed by atoms with Crippen molar-refractivity contribution in [3.8, 4) is 0 Å². The molecule has 2 saturated heterocycles. The van der Waals surface area contributed by atoms with Crippen LogP contribution in [0.4, 0.5) is 9.18 Å². The number of carbonyl (C=O) groups is 1. The normalized spacial score (nSPS) is 25.4. The minimum atomic E-state index is -3.81. The average molecular weight is 371 g/mol. The summed E-state index contributed by atoms with van der Waals surface area (Å²) in [5, 5.41) is 0. The van der Waals surface area contributed by atoms with Crippen molar-refractivity contribution in [1.29, 1.82) is 0 Å². The number of hydrogen-bond donors (Lipinski definition) is 0. The van der Waals surface area contributed by atoms with E-state index in [1.807, 2.05) is 6.92 Å². The van der Waals surface area contributed by atoms with Crippen LogP contribution in [-0.4, -0.2) is 73.6 Å². The summed E-state index contributed by atoms with van der Waals surface area (Å²) < 4.78 is 45.4. The Labute approximate surface area is 147 Å². The summed E-state index contributed by atoms with van der Waals surface area (Å²) in [5.41, 5.74) is 0. The second-order valence-corrected chi connectivity index (χ2v) is 8.19. The zero-order valence-electron chi connectivity index (χ0n) is 14.3. The maximum atomic E-state index is 13.1. The second kappa shape index (κ2) is 6.89. The smallest absolute Gasteiger partial charge is 0.321 e. The lowest BCUT2D eigenvalue weighted by Gasteiger charge is -2.35. The molecule has 0 saturated carbocycles. The van der Waals surface area contributed by atoms with Crippen LogP contribution in [0.25, 0.3) is 0 Å². The van der Waals surface area contributed by atoms with Gasteiger partial charge in [-0.25, -0.2) is 17.6 Å². The summed E-state index contributed by atoms with van der Waals surface area (Å²) in [6.07, 6.45) is -0.611. The van der Waals surface area contributed by atoms with E-state index in [0.717, 1.165) is 12.1 Å². The van der Waals surface area contributed by atoms with E-state index in [0.29, 0.717) is 26.3 Å². The highest BCUT2D eigenvalue weighted by Crippen LogP contribution is 2.28. The van der Waals surface area contributed by atoms with Gasteiger partial charge in [-0.1, -0.05) is 0 Å². The van der Waals surface area contributed by atoms with Gasteiger partial charge in [-0.15, -0.1) is 0 Å². The lowest BCUT2D eigenvalue weighted by molar-refractivity contribution is 0.0382. The number of amides is 2. The molecule has 138 valence electrons. The Morgan fingerprint density at radius 2 is 1.76 bits per heavy atom. The van der Waals surface area contributed by atoms with E-state index in [-0.39, 0.29) is 23.5 Å². The van der Waals surface area contributed by atoms with Crippen molar-refractivity contribution in [1.82, 2.24) is 14.1 Å². The quantitative estimate of drug-likeness (QED) is 0.786. The first kappa shape index (κ1) is 18.1. The molecule has 0 N–H and O–H groups in total. The number of ether oxygens (including phenoxy) is 1. The Hall–Kier alpha value is -1.71. The van der Waals surface area contributed by atoms with Gasteiger partial charge >= 0.3 is 6.03 Å². The van der Waals surface area contributed by atoms with Crippen LogP contribution < -0.4 is 0 Å². The molecule has 9 heteroatoms. The Balaban J connectivity index is 1.82. The standard InChI is InChI=1S/C16H22FN3O4S/c1-12-11-19(25(22,23)15-5-3-14(17)4-6-15)13(2)20(12)16(21)18-7-9-24-10-8-18/h3-6,12-13H,7-11H2,1-2H3/t12-,13+/m1/s1. The topological polar surface area (TPSA) is 70.2 Å². The summed E-state index contributed by atoms with van der Waals surface area (Å²) in [6, 6.07) is 4.30. The molecule has 0 aliphatic carbocycles. The van der Waals surface area contributed by atoms with Gasteiger partial charge in [0.05, 0.1) is 24.3 Å². The first-order valence-electron chi connectivity index (χ1n) is 8.25. The number of hydrogen-bond acceptors (Lipinski definition) is 4. The van der Waals surface area contributed by atoms with E-state index < -0.39 is 22.0 Å². The van der Waals surface area contributed by atoms with Gasteiger partial charge in [0.15, 0.2) is 0 Å². The summed E-state index contributed by atoms with van der Waals surface area (Å²) in [6.45, 7) is 5.70. The predicted octanol–water partition coefficient (Wildman–Crippen LogP) is 1.32. The number of nitrogens with zero attached hydrogens (tertiary/aromatic N) is 3. The van der Waals surface area contributed by atoms with Crippen LogP contribution in [0, 0.1) is 5.82 Å². The molecular weight excluding hydrogens is 349 g/mol. The van der Waals surface area contributed by atoms with Gasteiger partial charge in [-0.3, -0.25) is 0 Å². The van der Waals surface area contributed by atoms with Crippen LogP contribution in [-0.2, 0) is 14.8 Å². The van der Waals surface area contributed by atoms with Gasteiger partial charge in [0.25, 0.3) is 0 Å². The van der Waals surface area contributed by atoms with Crippen molar-refractivity contribution in [2.75, 3.05) is 32.8 Å². The lowest BCUT2D eigenvalue weighted by atomic mass is 10.3. The van der Waals surface area contributed by atoms with Gasteiger partial charge in [0, 0.05) is 25.7 Å². The van der Waals surface area contributed by atoms with Gasteiger partial charge in [0.1, 0.15) is 5.82 Å². The summed E-state index contributed by atoms with van der Waals surface area (Å²) >= 11 is 0. The Kier molecular flexibility index (Phi) is 4.99. The average Bonchev–Trinajstić information content (AvgIpc) is 2.90. The van der Waals surface area contributed by atoms with Crippen molar-refractivity contribution in [2.24, 2.45) is 0 Å². The molecule has 1 aromatic carbocycles. The molecule has 25 heavy (non-hydrogen) atoms. The molecule has 2 amide bonds. The van der Waals surface area contributed by atoms with Crippen LogP contribution in [0.5, 0.6) is 0 Å². The zero-order valence-corrected chi connectivity index (χ0v) is 15.1. The minimum absolute atomic E-state index is 0.0219. The molecule has 1 aromatic rings. The number of rotatable bonds is 2. The highest BCUT2D eigenvalue weighted by atomic mass is 32.2. The van der Waals surface area contributed by atoms with E-state index in [1.165, 1.54) is 16.4 Å². The SMILES string of the molecule is C[C@@H]1CN(S(=O)(=O)c2ccc(F)cc2)[C@H](C)N1C(=O)N1CCOCC1. The third-order valence-electron chi connectivity index (χ3n) is 4.66. The fourth-order valence-electron chi connectivity index (χ4n) is 3.32. The number of urea groups is 1. The van der Waals surface area contributed by atoms with Crippen LogP contribution in [0.3, 0.4) is 0 Å². The molecule has 0 bridgehead atoms. The fourth-order valence-corrected chi connectivity index (χ4v) is 4.98. The molecule has 3 rings (SSSR count). The van der Waals surface area contributed by atoms with Gasteiger partial charge < -0.3 is 14.5 Å². The predicted molar refractivity (Wildman–Crippen MR) is 88.8 cm³/mol. The summed E-state index contributed by atoms with van der Waals surface area (Å²) in [7, 11) is -3.81. The highest BCUT2D eigenvalue weighted by molar-refractivity contribution is 7.89. The number of morpholine rings is 1.